The van der Waals surface area contributed by atoms with Gasteiger partial charge < -0.3 is 16.4 Å². The molecule has 6 nitrogen and oxygen atoms in total. The van der Waals surface area contributed by atoms with Crippen LogP contribution in [0.4, 0.5) is 17.2 Å². The number of nitrogens with zero attached hydrogens (tertiary/aromatic N) is 2. The molecule has 132 valence electrons. The summed E-state index contributed by atoms with van der Waals surface area (Å²) in [4.78, 5) is 20.1. The third-order valence-corrected chi connectivity index (χ3v) is 3.97. The molecular weight excluding hydrogens is 373 g/mol. The van der Waals surface area contributed by atoms with Crippen molar-refractivity contribution < 1.29 is 4.79 Å². The average Bonchev–Trinajstić information content (AvgIpc) is 2.63. The predicted molar refractivity (Wildman–Crippen MR) is 104 cm³/mol. The van der Waals surface area contributed by atoms with Gasteiger partial charge in [0.1, 0.15) is 5.02 Å². The summed E-state index contributed by atoms with van der Waals surface area (Å²) in [7, 11) is 0. The molecule has 0 aliphatic rings. The van der Waals surface area contributed by atoms with Crippen LogP contribution in [0.3, 0.4) is 0 Å². The molecule has 8 heteroatoms. The standard InChI is InChI=1S/C18H15Cl2N5O/c19-15-10-23-18(20)25-16(15)24-14-6-1-3-11(7-14)9-22-17(26)12-4-2-5-13(21)8-12/h1-8,10H,9,21H2,(H,22,26)(H,23,24,25). The number of nitrogens with one attached hydrogen (secondary N) is 2. The van der Waals surface area contributed by atoms with Crippen molar-refractivity contribution in [3.05, 3.63) is 76.2 Å². The highest BCUT2D eigenvalue weighted by atomic mass is 35.5. The molecule has 4 N–H and O–H groups in total. The van der Waals surface area contributed by atoms with E-state index in [1.165, 1.54) is 6.20 Å². The fourth-order valence-corrected chi connectivity index (χ4v) is 2.56. The van der Waals surface area contributed by atoms with Crippen molar-refractivity contribution in [1.29, 1.82) is 0 Å². The van der Waals surface area contributed by atoms with Gasteiger partial charge in [-0.05, 0) is 47.5 Å². The van der Waals surface area contributed by atoms with E-state index in [1.54, 1.807) is 24.3 Å². The van der Waals surface area contributed by atoms with E-state index in [2.05, 4.69) is 20.6 Å². The lowest BCUT2D eigenvalue weighted by molar-refractivity contribution is 0.0951. The van der Waals surface area contributed by atoms with Crippen molar-refractivity contribution in [3.63, 3.8) is 0 Å². The van der Waals surface area contributed by atoms with E-state index >= 15 is 0 Å². The minimum Gasteiger partial charge on any atom is -0.399 e. The summed E-state index contributed by atoms with van der Waals surface area (Å²) in [5, 5.41) is 6.40. The minimum atomic E-state index is -0.193. The van der Waals surface area contributed by atoms with Gasteiger partial charge in [0, 0.05) is 23.5 Å². The first-order valence-electron chi connectivity index (χ1n) is 7.69. The normalized spacial score (nSPS) is 10.4. The predicted octanol–water partition coefficient (Wildman–Crippen LogP) is 4.04. The Kier molecular flexibility index (Phi) is 5.55. The highest BCUT2D eigenvalue weighted by molar-refractivity contribution is 6.33. The molecule has 0 unspecified atom stereocenters. The molecule has 0 radical (unpaired) electrons. The molecule has 1 heterocycles. The second kappa shape index (κ2) is 8.03. The summed E-state index contributed by atoms with van der Waals surface area (Å²) in [6.45, 7) is 0.363. The molecule has 0 bridgehead atoms. The zero-order chi connectivity index (χ0) is 18.5. The molecule has 3 rings (SSSR count). The van der Waals surface area contributed by atoms with E-state index in [-0.39, 0.29) is 11.2 Å². The number of hydrogen-bond acceptors (Lipinski definition) is 5. The van der Waals surface area contributed by atoms with Crippen molar-refractivity contribution in [1.82, 2.24) is 15.3 Å². The number of amides is 1. The third kappa shape index (κ3) is 4.62. The highest BCUT2D eigenvalue weighted by Gasteiger charge is 2.07. The van der Waals surface area contributed by atoms with Crippen LogP contribution in [0.1, 0.15) is 15.9 Å². The number of aromatic nitrogens is 2. The summed E-state index contributed by atoms with van der Waals surface area (Å²) in [6.07, 6.45) is 1.43. The van der Waals surface area contributed by atoms with Gasteiger partial charge in [0.05, 0.1) is 6.20 Å². The summed E-state index contributed by atoms with van der Waals surface area (Å²) in [5.41, 5.74) is 8.43. The SMILES string of the molecule is Nc1cccc(C(=O)NCc2cccc(Nc3nc(Cl)ncc3Cl)c2)c1. The van der Waals surface area contributed by atoms with Crippen molar-refractivity contribution in [3.8, 4) is 0 Å². The average molecular weight is 388 g/mol. The summed E-state index contributed by atoms with van der Waals surface area (Å²) < 4.78 is 0. The van der Waals surface area contributed by atoms with Crippen LogP contribution in [0.15, 0.2) is 54.7 Å². The van der Waals surface area contributed by atoms with Crippen LogP contribution in [-0.2, 0) is 6.54 Å². The molecule has 0 aliphatic heterocycles. The van der Waals surface area contributed by atoms with Gasteiger partial charge in [0.2, 0.25) is 5.28 Å². The molecule has 0 fully saturated rings. The van der Waals surface area contributed by atoms with Crippen molar-refractivity contribution in [2.45, 2.75) is 6.54 Å². The van der Waals surface area contributed by atoms with E-state index in [0.29, 0.717) is 28.6 Å². The second-order valence-electron chi connectivity index (χ2n) is 5.47. The smallest absolute Gasteiger partial charge is 0.251 e. The van der Waals surface area contributed by atoms with Gasteiger partial charge in [-0.25, -0.2) is 4.98 Å². The number of carbonyl (C=O) groups is 1. The Morgan fingerprint density at radius 2 is 1.92 bits per heavy atom. The van der Waals surface area contributed by atoms with Crippen LogP contribution >= 0.6 is 23.2 Å². The molecule has 0 aliphatic carbocycles. The lowest BCUT2D eigenvalue weighted by Gasteiger charge is -2.10. The molecule has 1 aromatic heterocycles. The Hall–Kier alpha value is -2.83. The molecule has 2 aromatic carbocycles. The Labute approximate surface area is 160 Å². The maximum Gasteiger partial charge on any atom is 0.251 e. The monoisotopic (exact) mass is 387 g/mol. The highest BCUT2D eigenvalue weighted by Crippen LogP contribution is 2.24. The van der Waals surface area contributed by atoms with Gasteiger partial charge >= 0.3 is 0 Å². The zero-order valence-electron chi connectivity index (χ0n) is 13.5. The molecule has 3 aromatic rings. The molecule has 0 atom stereocenters. The lowest BCUT2D eigenvalue weighted by Crippen LogP contribution is -2.22. The number of nitrogens with two attached hydrogens (primary N) is 1. The van der Waals surface area contributed by atoms with Gasteiger partial charge in [-0.15, -0.1) is 0 Å². The van der Waals surface area contributed by atoms with Crippen LogP contribution in [0, 0.1) is 0 Å². The van der Waals surface area contributed by atoms with E-state index in [4.69, 9.17) is 28.9 Å². The van der Waals surface area contributed by atoms with Crippen molar-refractivity contribution >= 4 is 46.3 Å². The fraction of sp³-hybridized carbons (Fsp3) is 0.0556. The minimum absolute atomic E-state index is 0.0995. The maximum atomic E-state index is 12.2. The number of nitrogen functional groups attached to an aromatic ring is 1. The Morgan fingerprint density at radius 1 is 1.12 bits per heavy atom. The van der Waals surface area contributed by atoms with Crippen molar-refractivity contribution in [2.24, 2.45) is 0 Å². The molecule has 0 saturated carbocycles. The van der Waals surface area contributed by atoms with Gasteiger partial charge in [-0.1, -0.05) is 29.8 Å². The number of benzene rings is 2. The van der Waals surface area contributed by atoms with Crippen LogP contribution < -0.4 is 16.4 Å². The topological polar surface area (TPSA) is 92.9 Å². The maximum absolute atomic E-state index is 12.2. The van der Waals surface area contributed by atoms with Crippen molar-refractivity contribution in [2.75, 3.05) is 11.1 Å². The quantitative estimate of drug-likeness (QED) is 0.453. The van der Waals surface area contributed by atoms with Crippen LogP contribution in [0.25, 0.3) is 0 Å². The zero-order valence-corrected chi connectivity index (χ0v) is 15.1. The molecular formula is C18H15Cl2N5O. The Bertz CT molecular complexity index is 948. The number of halogens is 2. The third-order valence-electron chi connectivity index (χ3n) is 3.51. The number of rotatable bonds is 5. The summed E-state index contributed by atoms with van der Waals surface area (Å²) in [5.74, 6) is 0.217. The molecule has 0 saturated heterocycles. The molecule has 26 heavy (non-hydrogen) atoms. The second-order valence-corrected chi connectivity index (χ2v) is 6.21. The summed E-state index contributed by atoms with van der Waals surface area (Å²) in [6, 6.07) is 14.3. The fourth-order valence-electron chi connectivity index (χ4n) is 2.29. The number of hydrogen-bond donors (Lipinski definition) is 3. The Morgan fingerprint density at radius 3 is 2.73 bits per heavy atom. The van der Waals surface area contributed by atoms with E-state index < -0.39 is 0 Å². The van der Waals surface area contributed by atoms with E-state index in [1.807, 2.05) is 24.3 Å². The molecule has 0 spiro atoms. The van der Waals surface area contributed by atoms with Gasteiger partial charge in [-0.2, -0.15) is 4.98 Å². The first-order valence-corrected chi connectivity index (χ1v) is 8.44. The number of anilines is 3. The summed E-state index contributed by atoms with van der Waals surface area (Å²) >= 11 is 11.8. The number of carbonyl (C=O) groups excluding carboxylic acids is 1. The van der Waals surface area contributed by atoms with Crippen LogP contribution in [-0.4, -0.2) is 15.9 Å². The van der Waals surface area contributed by atoms with Crippen LogP contribution in [0.5, 0.6) is 0 Å². The van der Waals surface area contributed by atoms with E-state index in [0.717, 1.165) is 11.3 Å². The van der Waals surface area contributed by atoms with E-state index in [9.17, 15) is 4.79 Å². The molecule has 1 amide bonds. The van der Waals surface area contributed by atoms with Gasteiger partial charge in [-0.3, -0.25) is 4.79 Å². The largest absolute Gasteiger partial charge is 0.399 e. The van der Waals surface area contributed by atoms with Gasteiger partial charge in [0.25, 0.3) is 5.91 Å². The van der Waals surface area contributed by atoms with Crippen LogP contribution in [0.2, 0.25) is 10.3 Å². The Balaban J connectivity index is 1.67. The first-order chi connectivity index (χ1) is 12.5. The first kappa shape index (κ1) is 18.0. The van der Waals surface area contributed by atoms with Gasteiger partial charge in [0.15, 0.2) is 5.82 Å². The lowest BCUT2D eigenvalue weighted by atomic mass is 10.1.